The van der Waals surface area contributed by atoms with Crippen LogP contribution >= 0.6 is 0 Å². The van der Waals surface area contributed by atoms with Crippen LogP contribution in [0.2, 0.25) is 0 Å². The number of aliphatic hydroxyl groups is 1. The summed E-state index contributed by atoms with van der Waals surface area (Å²) in [7, 11) is 0. The topological polar surface area (TPSA) is 29.5 Å². The summed E-state index contributed by atoms with van der Waals surface area (Å²) in [6, 6.07) is 8.34. The van der Waals surface area contributed by atoms with Gasteiger partial charge in [-0.2, -0.15) is 0 Å². The van der Waals surface area contributed by atoms with E-state index in [1.54, 1.807) is 0 Å². The second kappa shape index (κ2) is 5.90. The molecule has 0 amide bonds. The summed E-state index contributed by atoms with van der Waals surface area (Å²) in [6.07, 6.45) is 5.98. The highest BCUT2D eigenvalue weighted by atomic mass is 16.5. The van der Waals surface area contributed by atoms with Gasteiger partial charge in [-0.15, -0.1) is 0 Å². The highest BCUT2D eigenvalue weighted by molar-refractivity contribution is 5.36. The summed E-state index contributed by atoms with van der Waals surface area (Å²) in [4.78, 5) is 0. The first kappa shape index (κ1) is 11.5. The number of ether oxygens (including phenoxy) is 1. The smallest absolute Gasteiger partial charge is 0.122 e. The minimum absolute atomic E-state index is 0.200. The fraction of sp³-hybridized carbons (Fsp3) is 0.571. The van der Waals surface area contributed by atoms with Crippen LogP contribution in [0.25, 0.3) is 0 Å². The van der Waals surface area contributed by atoms with Crippen LogP contribution in [-0.2, 0) is 0 Å². The maximum absolute atomic E-state index is 8.75. The highest BCUT2D eigenvalue weighted by Crippen LogP contribution is 2.38. The Morgan fingerprint density at radius 1 is 1.19 bits per heavy atom. The third-order valence-corrected chi connectivity index (χ3v) is 3.27. The van der Waals surface area contributed by atoms with Crippen molar-refractivity contribution in [3.63, 3.8) is 0 Å². The van der Waals surface area contributed by atoms with E-state index in [1.165, 1.54) is 31.2 Å². The molecule has 1 N–H and O–H groups in total. The van der Waals surface area contributed by atoms with Gasteiger partial charge >= 0.3 is 0 Å². The third-order valence-electron chi connectivity index (χ3n) is 3.27. The van der Waals surface area contributed by atoms with Crippen molar-refractivity contribution >= 4 is 0 Å². The van der Waals surface area contributed by atoms with Crippen molar-refractivity contribution in [3.05, 3.63) is 29.8 Å². The lowest BCUT2D eigenvalue weighted by molar-refractivity contribution is 0.232. The molecule has 1 saturated carbocycles. The molecule has 2 heteroatoms. The number of benzene rings is 1. The summed E-state index contributed by atoms with van der Waals surface area (Å²) in [6.45, 7) is 0.811. The fourth-order valence-corrected chi connectivity index (χ4v) is 2.43. The van der Waals surface area contributed by atoms with Crippen LogP contribution in [0.3, 0.4) is 0 Å². The molecule has 0 heterocycles. The van der Waals surface area contributed by atoms with Gasteiger partial charge in [-0.25, -0.2) is 0 Å². The molecule has 0 atom stereocenters. The molecule has 88 valence electrons. The van der Waals surface area contributed by atoms with Crippen LogP contribution in [0.5, 0.6) is 5.75 Å². The Balaban J connectivity index is 2.04. The molecule has 1 aliphatic rings. The monoisotopic (exact) mass is 220 g/mol. The van der Waals surface area contributed by atoms with Crippen LogP contribution < -0.4 is 4.74 Å². The number of para-hydroxylation sites is 1. The average Bonchev–Trinajstić information content (AvgIpc) is 2.83. The molecule has 0 aromatic heterocycles. The van der Waals surface area contributed by atoms with Crippen molar-refractivity contribution in [1.29, 1.82) is 0 Å². The Kier molecular flexibility index (Phi) is 4.23. The van der Waals surface area contributed by atoms with Crippen LogP contribution in [0, 0.1) is 0 Å². The molecule has 0 saturated heterocycles. The van der Waals surface area contributed by atoms with Crippen molar-refractivity contribution in [3.8, 4) is 5.75 Å². The van der Waals surface area contributed by atoms with Gasteiger partial charge in [0, 0.05) is 13.0 Å². The van der Waals surface area contributed by atoms with Gasteiger partial charge in [-0.3, -0.25) is 0 Å². The van der Waals surface area contributed by atoms with Gasteiger partial charge in [-0.1, -0.05) is 31.0 Å². The summed E-state index contributed by atoms with van der Waals surface area (Å²) < 4.78 is 5.73. The molecule has 0 radical (unpaired) electrons. The Morgan fingerprint density at radius 3 is 2.69 bits per heavy atom. The minimum atomic E-state index is 0.200. The largest absolute Gasteiger partial charge is 0.493 e. The summed E-state index contributed by atoms with van der Waals surface area (Å²) in [5.41, 5.74) is 1.36. The van der Waals surface area contributed by atoms with Gasteiger partial charge in [0.25, 0.3) is 0 Å². The highest BCUT2D eigenvalue weighted by Gasteiger charge is 2.19. The van der Waals surface area contributed by atoms with Gasteiger partial charge in [-0.05, 0) is 30.4 Å². The second-order valence-corrected chi connectivity index (χ2v) is 4.44. The Labute approximate surface area is 97.3 Å². The molecule has 0 spiro atoms. The summed E-state index contributed by atoms with van der Waals surface area (Å²) in [5, 5.41) is 8.75. The predicted octanol–water partition coefficient (Wildman–Crippen LogP) is 3.11. The van der Waals surface area contributed by atoms with Gasteiger partial charge in [0.1, 0.15) is 5.75 Å². The van der Waals surface area contributed by atoms with E-state index in [9.17, 15) is 0 Å². The van der Waals surface area contributed by atoms with Gasteiger partial charge in [0.05, 0.1) is 6.61 Å². The van der Waals surface area contributed by atoms with E-state index in [-0.39, 0.29) is 6.61 Å². The Morgan fingerprint density at radius 2 is 1.94 bits per heavy atom. The lowest BCUT2D eigenvalue weighted by atomic mass is 9.97. The SMILES string of the molecule is OCCCOc1ccccc1C1CCCC1. The van der Waals surface area contributed by atoms with E-state index in [4.69, 9.17) is 9.84 Å². The van der Waals surface area contributed by atoms with Crippen LogP contribution in [0.1, 0.15) is 43.6 Å². The average molecular weight is 220 g/mol. The maximum atomic E-state index is 8.75. The van der Waals surface area contributed by atoms with E-state index in [2.05, 4.69) is 12.1 Å². The van der Waals surface area contributed by atoms with Crippen molar-refractivity contribution in [2.24, 2.45) is 0 Å². The van der Waals surface area contributed by atoms with Gasteiger partial charge in [0.2, 0.25) is 0 Å². The Hall–Kier alpha value is -1.02. The first-order valence-electron chi connectivity index (χ1n) is 6.24. The number of aliphatic hydroxyl groups excluding tert-OH is 1. The molecule has 0 unspecified atom stereocenters. The first-order chi connectivity index (χ1) is 7.92. The molecule has 16 heavy (non-hydrogen) atoms. The molecule has 1 aliphatic carbocycles. The number of hydrogen-bond donors (Lipinski definition) is 1. The zero-order valence-corrected chi connectivity index (χ0v) is 9.69. The maximum Gasteiger partial charge on any atom is 0.122 e. The molecule has 1 aromatic rings. The third kappa shape index (κ3) is 2.76. The van der Waals surface area contributed by atoms with E-state index in [0.29, 0.717) is 18.9 Å². The number of rotatable bonds is 5. The van der Waals surface area contributed by atoms with Crippen LogP contribution in [0.15, 0.2) is 24.3 Å². The zero-order chi connectivity index (χ0) is 11.2. The quantitative estimate of drug-likeness (QED) is 0.773. The first-order valence-corrected chi connectivity index (χ1v) is 6.24. The van der Waals surface area contributed by atoms with Crippen molar-refractivity contribution in [2.45, 2.75) is 38.0 Å². The Bertz CT molecular complexity index is 316. The number of hydrogen-bond acceptors (Lipinski definition) is 2. The summed E-state index contributed by atoms with van der Waals surface area (Å²) >= 11 is 0. The van der Waals surface area contributed by atoms with Crippen LogP contribution in [0.4, 0.5) is 0 Å². The van der Waals surface area contributed by atoms with E-state index < -0.39 is 0 Å². The molecule has 1 fully saturated rings. The zero-order valence-electron chi connectivity index (χ0n) is 9.69. The minimum Gasteiger partial charge on any atom is -0.493 e. The van der Waals surface area contributed by atoms with Crippen molar-refractivity contribution in [1.82, 2.24) is 0 Å². The van der Waals surface area contributed by atoms with Gasteiger partial charge in [0.15, 0.2) is 0 Å². The molecule has 0 aliphatic heterocycles. The van der Waals surface area contributed by atoms with Crippen molar-refractivity contribution < 1.29 is 9.84 Å². The molecular weight excluding hydrogens is 200 g/mol. The summed E-state index contributed by atoms with van der Waals surface area (Å²) in [5.74, 6) is 1.70. The van der Waals surface area contributed by atoms with Crippen LogP contribution in [-0.4, -0.2) is 18.3 Å². The standard InChI is InChI=1S/C14H20O2/c15-10-5-11-16-14-9-4-3-8-13(14)12-6-1-2-7-12/h3-4,8-9,12,15H,1-2,5-7,10-11H2. The van der Waals surface area contributed by atoms with Gasteiger partial charge < -0.3 is 9.84 Å². The van der Waals surface area contributed by atoms with E-state index in [0.717, 1.165) is 5.75 Å². The van der Waals surface area contributed by atoms with Crippen molar-refractivity contribution in [2.75, 3.05) is 13.2 Å². The predicted molar refractivity (Wildman–Crippen MR) is 64.8 cm³/mol. The molecule has 2 nitrogen and oxygen atoms in total. The molecule has 2 rings (SSSR count). The van der Waals surface area contributed by atoms with E-state index in [1.807, 2.05) is 12.1 Å². The lowest BCUT2D eigenvalue weighted by Gasteiger charge is -2.15. The normalized spacial score (nSPS) is 16.6. The van der Waals surface area contributed by atoms with E-state index >= 15 is 0 Å². The molecular formula is C14H20O2. The lowest BCUT2D eigenvalue weighted by Crippen LogP contribution is -2.03. The molecule has 1 aromatic carbocycles. The second-order valence-electron chi connectivity index (χ2n) is 4.44. The molecule has 0 bridgehead atoms. The fourth-order valence-electron chi connectivity index (χ4n) is 2.43.